The van der Waals surface area contributed by atoms with Crippen LogP contribution in [0.3, 0.4) is 0 Å². The standard InChI is InChI=1S/C24H22N6O/c31-22(15-17-8-10-19(11-9-17)18-5-2-1-3-6-18)30-14-4-7-21(30)24-27-23(28-29-24)20-16-25-12-13-26-20/h1-3,5-6,8-13,16,21H,4,7,14-15H2,(H,27,28,29). The second-order valence-electron chi connectivity index (χ2n) is 7.62. The van der Waals surface area contributed by atoms with Crippen LogP contribution in [0, 0.1) is 0 Å². The number of carbonyl (C=O) groups excluding carboxylic acids is 1. The Morgan fingerprint density at radius 1 is 1.03 bits per heavy atom. The van der Waals surface area contributed by atoms with Crippen LogP contribution < -0.4 is 0 Å². The van der Waals surface area contributed by atoms with E-state index in [0.717, 1.165) is 30.5 Å². The number of hydrogen-bond donors (Lipinski definition) is 1. The summed E-state index contributed by atoms with van der Waals surface area (Å²) in [6.45, 7) is 0.729. The Morgan fingerprint density at radius 3 is 2.61 bits per heavy atom. The summed E-state index contributed by atoms with van der Waals surface area (Å²) in [5.74, 6) is 1.30. The third-order valence-electron chi connectivity index (χ3n) is 5.60. The van der Waals surface area contributed by atoms with Crippen LogP contribution in [0.1, 0.15) is 30.3 Å². The number of H-pyrrole nitrogens is 1. The topological polar surface area (TPSA) is 87.7 Å². The molecule has 1 saturated heterocycles. The van der Waals surface area contributed by atoms with Gasteiger partial charge in [0.2, 0.25) is 11.7 Å². The molecule has 0 spiro atoms. The van der Waals surface area contributed by atoms with Crippen LogP contribution in [-0.2, 0) is 11.2 Å². The Hall–Kier alpha value is -3.87. The molecule has 0 bridgehead atoms. The molecule has 0 saturated carbocycles. The molecule has 2 aromatic carbocycles. The first kappa shape index (κ1) is 19.1. The van der Waals surface area contributed by atoms with Crippen molar-refractivity contribution in [3.63, 3.8) is 0 Å². The Kier molecular flexibility index (Phi) is 5.22. The van der Waals surface area contributed by atoms with E-state index in [1.54, 1.807) is 18.6 Å². The van der Waals surface area contributed by atoms with Crippen LogP contribution in [0.2, 0.25) is 0 Å². The number of nitrogens with zero attached hydrogens (tertiary/aromatic N) is 5. The summed E-state index contributed by atoms with van der Waals surface area (Å²) in [6.07, 6.45) is 7.04. The van der Waals surface area contributed by atoms with Gasteiger partial charge in [-0.25, -0.2) is 9.97 Å². The number of benzene rings is 2. The van der Waals surface area contributed by atoms with Gasteiger partial charge in [0.15, 0.2) is 0 Å². The van der Waals surface area contributed by atoms with Crippen molar-refractivity contribution in [1.29, 1.82) is 0 Å². The Labute approximate surface area is 180 Å². The first-order valence-corrected chi connectivity index (χ1v) is 10.4. The molecule has 7 heteroatoms. The van der Waals surface area contributed by atoms with Gasteiger partial charge in [0.05, 0.1) is 18.7 Å². The molecule has 1 N–H and O–H groups in total. The average molecular weight is 410 g/mol. The zero-order valence-electron chi connectivity index (χ0n) is 17.0. The SMILES string of the molecule is O=C(Cc1ccc(-c2ccccc2)cc1)N1CCCC1c1nc(-c2cnccn2)n[nH]1. The maximum absolute atomic E-state index is 13.1. The molecule has 1 aliphatic rings. The van der Waals surface area contributed by atoms with Crippen LogP contribution in [0.5, 0.6) is 0 Å². The van der Waals surface area contributed by atoms with Gasteiger partial charge in [-0.15, -0.1) is 0 Å². The molecule has 1 unspecified atom stereocenters. The molecule has 1 aliphatic heterocycles. The molecule has 154 valence electrons. The van der Waals surface area contributed by atoms with Crippen LogP contribution in [0.15, 0.2) is 73.2 Å². The molecule has 0 radical (unpaired) electrons. The second-order valence-corrected chi connectivity index (χ2v) is 7.62. The minimum atomic E-state index is -0.0889. The molecular formula is C24H22N6O. The fourth-order valence-electron chi connectivity index (χ4n) is 4.02. The predicted molar refractivity (Wildman–Crippen MR) is 117 cm³/mol. The summed E-state index contributed by atoms with van der Waals surface area (Å²) < 4.78 is 0. The van der Waals surface area contributed by atoms with E-state index in [2.05, 4.69) is 49.4 Å². The largest absolute Gasteiger partial charge is 0.332 e. The van der Waals surface area contributed by atoms with Crippen molar-refractivity contribution < 1.29 is 4.79 Å². The minimum absolute atomic E-state index is 0.0889. The second kappa shape index (κ2) is 8.47. The van der Waals surface area contributed by atoms with Gasteiger partial charge in [0, 0.05) is 18.9 Å². The van der Waals surface area contributed by atoms with E-state index in [1.807, 2.05) is 35.2 Å². The third kappa shape index (κ3) is 4.07. The summed E-state index contributed by atoms with van der Waals surface area (Å²) >= 11 is 0. The lowest BCUT2D eigenvalue weighted by Gasteiger charge is -2.23. The van der Waals surface area contributed by atoms with Crippen molar-refractivity contribution in [2.24, 2.45) is 0 Å². The number of amides is 1. The van der Waals surface area contributed by atoms with E-state index in [-0.39, 0.29) is 11.9 Å². The fourth-order valence-corrected chi connectivity index (χ4v) is 4.02. The van der Waals surface area contributed by atoms with Crippen molar-refractivity contribution in [2.45, 2.75) is 25.3 Å². The van der Waals surface area contributed by atoms with E-state index in [0.29, 0.717) is 23.8 Å². The average Bonchev–Trinajstić information content (AvgIpc) is 3.51. The highest BCUT2D eigenvalue weighted by molar-refractivity contribution is 5.79. The molecule has 31 heavy (non-hydrogen) atoms. The summed E-state index contributed by atoms with van der Waals surface area (Å²) in [7, 11) is 0. The number of hydrogen-bond acceptors (Lipinski definition) is 5. The van der Waals surface area contributed by atoms with Crippen molar-refractivity contribution in [3.8, 4) is 22.6 Å². The van der Waals surface area contributed by atoms with Crippen LogP contribution in [-0.4, -0.2) is 42.5 Å². The quantitative estimate of drug-likeness (QED) is 0.540. The lowest BCUT2D eigenvalue weighted by Crippen LogP contribution is -2.32. The van der Waals surface area contributed by atoms with Gasteiger partial charge < -0.3 is 4.90 Å². The zero-order valence-corrected chi connectivity index (χ0v) is 17.0. The van der Waals surface area contributed by atoms with E-state index < -0.39 is 0 Å². The van der Waals surface area contributed by atoms with Gasteiger partial charge in [0.1, 0.15) is 11.5 Å². The number of rotatable bonds is 5. The Morgan fingerprint density at radius 2 is 1.84 bits per heavy atom. The molecule has 7 nitrogen and oxygen atoms in total. The number of carbonyl (C=O) groups is 1. The molecule has 3 heterocycles. The molecule has 5 rings (SSSR count). The maximum Gasteiger partial charge on any atom is 0.227 e. The normalized spacial score (nSPS) is 15.9. The van der Waals surface area contributed by atoms with Gasteiger partial charge in [0.25, 0.3) is 0 Å². The molecule has 1 fully saturated rings. The highest BCUT2D eigenvalue weighted by atomic mass is 16.2. The highest BCUT2D eigenvalue weighted by Gasteiger charge is 2.32. The molecule has 0 aliphatic carbocycles. The van der Waals surface area contributed by atoms with Crippen LogP contribution in [0.25, 0.3) is 22.6 Å². The van der Waals surface area contributed by atoms with Crippen molar-refractivity contribution >= 4 is 5.91 Å². The van der Waals surface area contributed by atoms with Gasteiger partial charge in [-0.1, -0.05) is 54.6 Å². The number of aromatic amines is 1. The fraction of sp³-hybridized carbons (Fsp3) is 0.208. The van der Waals surface area contributed by atoms with E-state index in [4.69, 9.17) is 0 Å². The van der Waals surface area contributed by atoms with Crippen LogP contribution in [0.4, 0.5) is 0 Å². The summed E-state index contributed by atoms with van der Waals surface area (Å²) in [5, 5.41) is 7.27. The Balaban J connectivity index is 1.29. The predicted octanol–water partition coefficient (Wildman–Crippen LogP) is 3.83. The van der Waals surface area contributed by atoms with Gasteiger partial charge in [-0.3, -0.25) is 14.9 Å². The summed E-state index contributed by atoms with van der Waals surface area (Å²) in [6, 6.07) is 18.4. The lowest BCUT2D eigenvalue weighted by molar-refractivity contribution is -0.131. The highest BCUT2D eigenvalue weighted by Crippen LogP contribution is 2.31. The number of nitrogens with one attached hydrogen (secondary N) is 1. The van der Waals surface area contributed by atoms with Crippen molar-refractivity contribution in [2.75, 3.05) is 6.54 Å². The summed E-state index contributed by atoms with van der Waals surface area (Å²) in [5.41, 5.74) is 3.94. The molecule has 4 aromatic rings. The van der Waals surface area contributed by atoms with Crippen molar-refractivity contribution in [3.05, 3.63) is 84.6 Å². The van der Waals surface area contributed by atoms with Gasteiger partial charge in [-0.05, 0) is 29.5 Å². The lowest BCUT2D eigenvalue weighted by atomic mass is 10.0. The van der Waals surface area contributed by atoms with Gasteiger partial charge >= 0.3 is 0 Å². The smallest absolute Gasteiger partial charge is 0.227 e. The summed E-state index contributed by atoms with van der Waals surface area (Å²) in [4.78, 5) is 27.9. The maximum atomic E-state index is 13.1. The molecule has 1 amide bonds. The first-order chi connectivity index (χ1) is 15.3. The monoisotopic (exact) mass is 410 g/mol. The first-order valence-electron chi connectivity index (χ1n) is 10.4. The van der Waals surface area contributed by atoms with Crippen molar-refractivity contribution in [1.82, 2.24) is 30.0 Å². The van der Waals surface area contributed by atoms with Crippen LogP contribution >= 0.6 is 0 Å². The number of aromatic nitrogens is 5. The third-order valence-corrected chi connectivity index (χ3v) is 5.60. The van der Waals surface area contributed by atoms with E-state index >= 15 is 0 Å². The molecule has 1 atom stereocenters. The Bertz CT molecular complexity index is 1160. The van der Waals surface area contributed by atoms with E-state index in [1.165, 1.54) is 5.56 Å². The minimum Gasteiger partial charge on any atom is -0.332 e. The van der Waals surface area contributed by atoms with E-state index in [9.17, 15) is 4.79 Å². The number of likely N-dealkylation sites (tertiary alicyclic amines) is 1. The zero-order chi connectivity index (χ0) is 21.0. The molecule has 2 aromatic heterocycles. The van der Waals surface area contributed by atoms with Gasteiger partial charge in [-0.2, -0.15) is 5.10 Å². The molecular weight excluding hydrogens is 388 g/mol.